The van der Waals surface area contributed by atoms with E-state index in [1.54, 1.807) is 7.05 Å². The first kappa shape index (κ1) is 12.7. The van der Waals surface area contributed by atoms with Crippen molar-refractivity contribution in [1.82, 2.24) is 10.9 Å². The van der Waals surface area contributed by atoms with Gasteiger partial charge in [-0.15, -0.1) is 0 Å². The molecule has 0 aliphatic carbocycles. The molecule has 1 aromatic rings. The van der Waals surface area contributed by atoms with Crippen LogP contribution >= 0.6 is 0 Å². The Labute approximate surface area is 97.2 Å². The van der Waals surface area contributed by atoms with E-state index in [9.17, 15) is 4.79 Å². The van der Waals surface area contributed by atoms with Crippen molar-refractivity contribution in [2.75, 3.05) is 7.05 Å². The van der Waals surface area contributed by atoms with Gasteiger partial charge in [0.25, 0.3) is 0 Å². The lowest BCUT2D eigenvalue weighted by Crippen LogP contribution is -2.37. The molecule has 16 heavy (non-hydrogen) atoms. The zero-order valence-corrected chi connectivity index (χ0v) is 10.4. The first-order chi connectivity index (χ1) is 7.56. The van der Waals surface area contributed by atoms with Gasteiger partial charge in [0, 0.05) is 7.05 Å². The summed E-state index contributed by atoms with van der Waals surface area (Å²) in [7, 11) is 1.69. The van der Waals surface area contributed by atoms with E-state index in [0.717, 1.165) is 5.56 Å². The van der Waals surface area contributed by atoms with Crippen molar-refractivity contribution < 1.29 is 4.79 Å². The fourth-order valence-electron chi connectivity index (χ4n) is 1.55. The van der Waals surface area contributed by atoms with E-state index < -0.39 is 0 Å². The molecule has 0 aliphatic rings. The van der Waals surface area contributed by atoms with E-state index in [0.29, 0.717) is 5.92 Å². The first-order valence-electron chi connectivity index (χ1n) is 5.62. The third kappa shape index (κ3) is 3.07. The van der Waals surface area contributed by atoms with Gasteiger partial charge in [-0.1, -0.05) is 38.1 Å². The number of carbonyl (C=O) groups is 1. The summed E-state index contributed by atoms with van der Waals surface area (Å²) in [6.07, 6.45) is 0. The van der Waals surface area contributed by atoms with Crippen molar-refractivity contribution in [2.24, 2.45) is 0 Å². The standard InChI is InChI=1S/C13H20N2O/c1-9(2)11-5-7-12(8-6-11)10(3)13(16)15-14-4/h5-10,14H,1-4H3,(H,15,16). The Morgan fingerprint density at radius 2 is 1.56 bits per heavy atom. The van der Waals surface area contributed by atoms with Gasteiger partial charge in [-0.25, -0.2) is 5.43 Å². The average Bonchev–Trinajstić information content (AvgIpc) is 2.28. The summed E-state index contributed by atoms with van der Waals surface area (Å²) in [5.74, 6) is 0.379. The average molecular weight is 220 g/mol. The van der Waals surface area contributed by atoms with Gasteiger partial charge in [0.2, 0.25) is 5.91 Å². The first-order valence-corrected chi connectivity index (χ1v) is 5.62. The van der Waals surface area contributed by atoms with Gasteiger partial charge >= 0.3 is 0 Å². The van der Waals surface area contributed by atoms with Crippen LogP contribution in [0.4, 0.5) is 0 Å². The summed E-state index contributed by atoms with van der Waals surface area (Å²) < 4.78 is 0. The number of hydrazine groups is 1. The van der Waals surface area contributed by atoms with Gasteiger partial charge < -0.3 is 0 Å². The van der Waals surface area contributed by atoms with E-state index in [2.05, 4.69) is 36.8 Å². The van der Waals surface area contributed by atoms with Crippen molar-refractivity contribution in [3.8, 4) is 0 Å². The minimum absolute atomic E-state index is 0.0141. The number of rotatable bonds is 4. The van der Waals surface area contributed by atoms with Gasteiger partial charge in [-0.05, 0) is 24.0 Å². The van der Waals surface area contributed by atoms with Crippen molar-refractivity contribution in [1.29, 1.82) is 0 Å². The molecule has 3 heteroatoms. The smallest absolute Gasteiger partial charge is 0.241 e. The summed E-state index contributed by atoms with van der Waals surface area (Å²) in [6.45, 7) is 6.22. The molecular formula is C13H20N2O. The minimum Gasteiger partial charge on any atom is -0.291 e. The summed E-state index contributed by atoms with van der Waals surface area (Å²) in [5, 5.41) is 0. The Hall–Kier alpha value is -1.35. The van der Waals surface area contributed by atoms with Gasteiger partial charge in [0.15, 0.2) is 0 Å². The molecule has 0 aliphatic heterocycles. The topological polar surface area (TPSA) is 41.1 Å². The van der Waals surface area contributed by atoms with E-state index in [4.69, 9.17) is 0 Å². The highest BCUT2D eigenvalue weighted by atomic mass is 16.2. The Balaban J connectivity index is 2.77. The SMILES string of the molecule is CNNC(=O)C(C)c1ccc(C(C)C)cc1. The van der Waals surface area contributed by atoms with Crippen LogP contribution in [0.15, 0.2) is 24.3 Å². The van der Waals surface area contributed by atoms with Gasteiger partial charge in [-0.2, -0.15) is 0 Å². The van der Waals surface area contributed by atoms with E-state index >= 15 is 0 Å². The Morgan fingerprint density at radius 1 is 1.06 bits per heavy atom. The molecule has 1 unspecified atom stereocenters. The molecule has 1 amide bonds. The fourth-order valence-corrected chi connectivity index (χ4v) is 1.55. The molecule has 0 spiro atoms. The molecule has 1 rings (SSSR count). The van der Waals surface area contributed by atoms with Crippen LogP contribution in [0.5, 0.6) is 0 Å². The number of carbonyl (C=O) groups excluding carboxylic acids is 1. The molecular weight excluding hydrogens is 200 g/mol. The van der Waals surface area contributed by atoms with Crippen LogP contribution in [0.3, 0.4) is 0 Å². The Bertz CT molecular complexity index is 343. The quantitative estimate of drug-likeness (QED) is 0.763. The van der Waals surface area contributed by atoms with Gasteiger partial charge in [-0.3, -0.25) is 10.2 Å². The Morgan fingerprint density at radius 3 is 2.00 bits per heavy atom. The predicted molar refractivity (Wildman–Crippen MR) is 66.1 cm³/mol. The normalized spacial score (nSPS) is 12.6. The molecule has 2 N–H and O–H groups in total. The summed E-state index contributed by atoms with van der Waals surface area (Å²) in [5.41, 5.74) is 7.58. The Kier molecular flexibility index (Phi) is 4.50. The van der Waals surface area contributed by atoms with E-state index in [-0.39, 0.29) is 11.8 Å². The van der Waals surface area contributed by atoms with E-state index in [1.807, 2.05) is 19.1 Å². The lowest BCUT2D eigenvalue weighted by Gasteiger charge is -2.13. The van der Waals surface area contributed by atoms with Gasteiger partial charge in [0.05, 0.1) is 5.92 Å². The molecule has 0 heterocycles. The minimum atomic E-state index is -0.131. The van der Waals surface area contributed by atoms with Gasteiger partial charge in [0.1, 0.15) is 0 Å². The molecule has 0 saturated carbocycles. The molecule has 88 valence electrons. The second kappa shape index (κ2) is 5.66. The second-order valence-corrected chi connectivity index (χ2v) is 4.28. The van der Waals surface area contributed by atoms with Crippen molar-refractivity contribution in [3.05, 3.63) is 35.4 Å². The third-order valence-electron chi connectivity index (χ3n) is 2.74. The molecule has 0 bridgehead atoms. The van der Waals surface area contributed by atoms with Crippen LogP contribution in [0.1, 0.15) is 43.7 Å². The van der Waals surface area contributed by atoms with Crippen LogP contribution in [-0.4, -0.2) is 13.0 Å². The highest BCUT2D eigenvalue weighted by Crippen LogP contribution is 2.19. The fraction of sp³-hybridized carbons (Fsp3) is 0.462. The van der Waals surface area contributed by atoms with E-state index in [1.165, 1.54) is 5.56 Å². The highest BCUT2D eigenvalue weighted by Gasteiger charge is 2.14. The maximum absolute atomic E-state index is 11.6. The van der Waals surface area contributed by atoms with Crippen LogP contribution in [0.25, 0.3) is 0 Å². The molecule has 0 saturated heterocycles. The zero-order chi connectivity index (χ0) is 12.1. The van der Waals surface area contributed by atoms with Crippen molar-refractivity contribution in [2.45, 2.75) is 32.6 Å². The zero-order valence-electron chi connectivity index (χ0n) is 10.4. The maximum atomic E-state index is 11.6. The summed E-state index contributed by atoms with van der Waals surface area (Å²) in [4.78, 5) is 11.6. The number of benzene rings is 1. The molecule has 0 radical (unpaired) electrons. The predicted octanol–water partition coefficient (Wildman–Crippen LogP) is 2.16. The number of hydrogen-bond acceptors (Lipinski definition) is 2. The van der Waals surface area contributed by atoms with Crippen LogP contribution in [0.2, 0.25) is 0 Å². The lowest BCUT2D eigenvalue weighted by atomic mass is 9.96. The molecule has 1 atom stereocenters. The molecule has 1 aromatic carbocycles. The van der Waals surface area contributed by atoms with Crippen LogP contribution < -0.4 is 10.9 Å². The number of amides is 1. The summed E-state index contributed by atoms with van der Waals surface area (Å²) in [6, 6.07) is 8.22. The monoisotopic (exact) mass is 220 g/mol. The largest absolute Gasteiger partial charge is 0.291 e. The number of hydrogen-bond donors (Lipinski definition) is 2. The third-order valence-corrected chi connectivity index (χ3v) is 2.74. The van der Waals surface area contributed by atoms with Crippen LogP contribution in [-0.2, 0) is 4.79 Å². The van der Waals surface area contributed by atoms with Crippen molar-refractivity contribution >= 4 is 5.91 Å². The lowest BCUT2D eigenvalue weighted by molar-refractivity contribution is -0.123. The molecule has 3 nitrogen and oxygen atoms in total. The second-order valence-electron chi connectivity index (χ2n) is 4.28. The molecule has 0 aromatic heterocycles. The summed E-state index contributed by atoms with van der Waals surface area (Å²) >= 11 is 0. The maximum Gasteiger partial charge on any atom is 0.241 e. The van der Waals surface area contributed by atoms with Crippen LogP contribution in [0, 0.1) is 0 Å². The molecule has 0 fully saturated rings. The number of nitrogens with one attached hydrogen (secondary N) is 2. The van der Waals surface area contributed by atoms with Crippen molar-refractivity contribution in [3.63, 3.8) is 0 Å². The highest BCUT2D eigenvalue weighted by molar-refractivity contribution is 5.82.